The van der Waals surface area contributed by atoms with Crippen LogP contribution in [0.3, 0.4) is 0 Å². The fourth-order valence-corrected chi connectivity index (χ4v) is 2.86. The van der Waals surface area contributed by atoms with Crippen LogP contribution in [0.25, 0.3) is 0 Å². The van der Waals surface area contributed by atoms with Gasteiger partial charge in [-0.2, -0.15) is 0 Å². The molecule has 0 bridgehead atoms. The summed E-state index contributed by atoms with van der Waals surface area (Å²) in [5, 5.41) is 17.3. The first-order valence-corrected chi connectivity index (χ1v) is 8.15. The van der Waals surface area contributed by atoms with Gasteiger partial charge in [0.1, 0.15) is 0 Å². The predicted molar refractivity (Wildman–Crippen MR) is 89.3 cm³/mol. The van der Waals surface area contributed by atoms with E-state index in [0.717, 1.165) is 37.9 Å². The molecule has 0 radical (unpaired) electrons. The first-order valence-electron chi connectivity index (χ1n) is 8.15. The molecule has 1 unspecified atom stereocenters. The van der Waals surface area contributed by atoms with E-state index in [9.17, 15) is 10.1 Å². The standard InChI is InChI=1S/C14H20N4O2.C2H6/c19-18(20)13-3-1-12(2-4-13)16-7-11-5-6-17(10-11)14-8-15-9-14;1-2/h1-4,11,14-16H,5-10H2;1-2H3. The molecule has 2 fully saturated rings. The largest absolute Gasteiger partial charge is 0.385 e. The van der Waals surface area contributed by atoms with Crippen LogP contribution in [0.2, 0.25) is 0 Å². The molecule has 2 N–H and O–H groups in total. The van der Waals surface area contributed by atoms with Crippen LogP contribution in [0.5, 0.6) is 0 Å². The van der Waals surface area contributed by atoms with Crippen molar-refractivity contribution < 1.29 is 4.92 Å². The molecular weight excluding hydrogens is 280 g/mol. The number of nitrogens with zero attached hydrogens (tertiary/aromatic N) is 2. The Labute approximate surface area is 132 Å². The fraction of sp³-hybridized carbons (Fsp3) is 0.625. The Morgan fingerprint density at radius 3 is 2.55 bits per heavy atom. The second-order valence-electron chi connectivity index (χ2n) is 5.65. The molecule has 0 aromatic heterocycles. The van der Waals surface area contributed by atoms with Gasteiger partial charge >= 0.3 is 0 Å². The van der Waals surface area contributed by atoms with Crippen LogP contribution >= 0.6 is 0 Å². The highest BCUT2D eigenvalue weighted by Crippen LogP contribution is 2.21. The summed E-state index contributed by atoms with van der Waals surface area (Å²) in [6.07, 6.45) is 1.23. The van der Waals surface area contributed by atoms with Gasteiger partial charge in [-0.05, 0) is 31.0 Å². The number of non-ortho nitro benzene ring substituents is 1. The third-order valence-corrected chi connectivity index (χ3v) is 4.27. The van der Waals surface area contributed by atoms with Crippen LogP contribution in [-0.4, -0.2) is 48.6 Å². The van der Waals surface area contributed by atoms with Gasteiger partial charge < -0.3 is 10.6 Å². The summed E-state index contributed by atoms with van der Waals surface area (Å²) >= 11 is 0. The van der Waals surface area contributed by atoms with Crippen molar-refractivity contribution in [2.24, 2.45) is 5.92 Å². The molecule has 1 aromatic rings. The van der Waals surface area contributed by atoms with E-state index in [2.05, 4.69) is 15.5 Å². The Kier molecular flexibility index (Phi) is 6.15. The smallest absolute Gasteiger partial charge is 0.269 e. The molecular formula is C16H26N4O2. The summed E-state index contributed by atoms with van der Waals surface area (Å²) in [5.74, 6) is 0.672. The Morgan fingerprint density at radius 1 is 1.32 bits per heavy atom. The first-order chi connectivity index (χ1) is 10.7. The summed E-state index contributed by atoms with van der Waals surface area (Å²) in [4.78, 5) is 12.8. The zero-order valence-electron chi connectivity index (χ0n) is 13.4. The van der Waals surface area contributed by atoms with Crippen molar-refractivity contribution in [2.75, 3.05) is 38.0 Å². The van der Waals surface area contributed by atoms with Crippen LogP contribution in [0.15, 0.2) is 24.3 Å². The lowest BCUT2D eigenvalue weighted by atomic mass is 10.1. The maximum Gasteiger partial charge on any atom is 0.269 e. The lowest BCUT2D eigenvalue weighted by molar-refractivity contribution is -0.384. The molecule has 1 atom stereocenters. The summed E-state index contributed by atoms with van der Waals surface area (Å²) in [6.45, 7) is 9.55. The minimum absolute atomic E-state index is 0.139. The molecule has 6 heteroatoms. The molecule has 2 aliphatic heterocycles. The van der Waals surface area contributed by atoms with E-state index in [-0.39, 0.29) is 10.6 Å². The zero-order chi connectivity index (χ0) is 15.9. The Bertz CT molecular complexity index is 474. The molecule has 1 aromatic carbocycles. The maximum atomic E-state index is 10.6. The van der Waals surface area contributed by atoms with Gasteiger partial charge in [0.25, 0.3) is 5.69 Å². The number of nitro benzene ring substituents is 1. The lowest BCUT2D eigenvalue weighted by Crippen LogP contribution is -2.56. The number of rotatable bonds is 5. The predicted octanol–water partition coefficient (Wildman–Crippen LogP) is 2.33. The van der Waals surface area contributed by atoms with Gasteiger partial charge in [-0.15, -0.1) is 0 Å². The van der Waals surface area contributed by atoms with Gasteiger partial charge in [-0.1, -0.05) is 13.8 Å². The van der Waals surface area contributed by atoms with Crippen LogP contribution in [0, 0.1) is 16.0 Å². The number of benzene rings is 1. The van der Waals surface area contributed by atoms with Crippen LogP contribution in [0.4, 0.5) is 11.4 Å². The molecule has 0 amide bonds. The van der Waals surface area contributed by atoms with Crippen molar-refractivity contribution in [1.29, 1.82) is 0 Å². The van der Waals surface area contributed by atoms with Crippen molar-refractivity contribution in [1.82, 2.24) is 10.2 Å². The van der Waals surface area contributed by atoms with E-state index in [1.165, 1.54) is 13.0 Å². The van der Waals surface area contributed by atoms with Gasteiger partial charge in [0.05, 0.1) is 4.92 Å². The average molecular weight is 306 g/mol. The normalized spacial score (nSPS) is 21.6. The molecule has 0 spiro atoms. The molecule has 6 nitrogen and oxygen atoms in total. The minimum atomic E-state index is -0.370. The van der Waals surface area contributed by atoms with Crippen molar-refractivity contribution in [2.45, 2.75) is 26.3 Å². The second-order valence-corrected chi connectivity index (χ2v) is 5.65. The zero-order valence-corrected chi connectivity index (χ0v) is 13.4. The van der Waals surface area contributed by atoms with E-state index >= 15 is 0 Å². The SMILES string of the molecule is CC.O=[N+]([O-])c1ccc(NCC2CCN(C3CNC3)C2)cc1. The lowest BCUT2D eigenvalue weighted by Gasteiger charge is -2.35. The summed E-state index contributed by atoms with van der Waals surface area (Å²) < 4.78 is 0. The Balaban J connectivity index is 0.000000847. The Morgan fingerprint density at radius 2 is 2.00 bits per heavy atom. The fourth-order valence-electron chi connectivity index (χ4n) is 2.86. The van der Waals surface area contributed by atoms with Crippen LogP contribution in [0.1, 0.15) is 20.3 Å². The van der Waals surface area contributed by atoms with Crippen molar-refractivity contribution in [3.63, 3.8) is 0 Å². The highest BCUT2D eigenvalue weighted by molar-refractivity contribution is 5.48. The van der Waals surface area contributed by atoms with Crippen molar-refractivity contribution >= 4 is 11.4 Å². The summed E-state index contributed by atoms with van der Waals surface area (Å²) in [6, 6.07) is 7.38. The molecule has 0 saturated carbocycles. The molecule has 22 heavy (non-hydrogen) atoms. The van der Waals surface area contributed by atoms with E-state index < -0.39 is 0 Å². The molecule has 122 valence electrons. The number of anilines is 1. The number of nitro groups is 1. The molecule has 2 saturated heterocycles. The van der Waals surface area contributed by atoms with Gasteiger partial charge in [0.2, 0.25) is 0 Å². The highest BCUT2D eigenvalue weighted by atomic mass is 16.6. The number of hydrogen-bond donors (Lipinski definition) is 2. The Hall–Kier alpha value is -1.66. The number of nitrogens with one attached hydrogen (secondary N) is 2. The van der Waals surface area contributed by atoms with E-state index in [1.54, 1.807) is 24.3 Å². The number of likely N-dealkylation sites (tertiary alicyclic amines) is 1. The third kappa shape index (κ3) is 4.18. The maximum absolute atomic E-state index is 10.6. The first kappa shape index (κ1) is 16.7. The van der Waals surface area contributed by atoms with Gasteiger partial charge in [-0.3, -0.25) is 15.0 Å². The van der Waals surface area contributed by atoms with Crippen LogP contribution < -0.4 is 10.6 Å². The average Bonchev–Trinajstić information content (AvgIpc) is 2.94. The quantitative estimate of drug-likeness (QED) is 0.645. The monoisotopic (exact) mass is 306 g/mol. The second kappa shape index (κ2) is 8.10. The van der Waals surface area contributed by atoms with Crippen LogP contribution in [-0.2, 0) is 0 Å². The topological polar surface area (TPSA) is 70.4 Å². The summed E-state index contributed by atoms with van der Waals surface area (Å²) in [7, 11) is 0. The van der Waals surface area contributed by atoms with Gasteiger partial charge in [0, 0.05) is 50.0 Å². The van der Waals surface area contributed by atoms with Gasteiger partial charge in [-0.25, -0.2) is 0 Å². The summed E-state index contributed by atoms with van der Waals surface area (Å²) in [5.41, 5.74) is 1.10. The highest BCUT2D eigenvalue weighted by Gasteiger charge is 2.30. The van der Waals surface area contributed by atoms with E-state index in [0.29, 0.717) is 5.92 Å². The molecule has 0 aliphatic carbocycles. The third-order valence-electron chi connectivity index (χ3n) is 4.27. The molecule has 2 aliphatic rings. The molecule has 3 rings (SSSR count). The van der Waals surface area contributed by atoms with Crippen molar-refractivity contribution in [3.05, 3.63) is 34.4 Å². The molecule has 2 heterocycles. The number of hydrogen-bond acceptors (Lipinski definition) is 5. The van der Waals surface area contributed by atoms with Gasteiger partial charge in [0.15, 0.2) is 0 Å². The minimum Gasteiger partial charge on any atom is -0.385 e. The van der Waals surface area contributed by atoms with E-state index in [4.69, 9.17) is 0 Å². The van der Waals surface area contributed by atoms with Crippen molar-refractivity contribution in [3.8, 4) is 0 Å². The van der Waals surface area contributed by atoms with E-state index in [1.807, 2.05) is 13.8 Å².